The first-order valence-electron chi connectivity index (χ1n) is 36.2. The van der Waals surface area contributed by atoms with Crippen LogP contribution in [0.4, 0.5) is 43.9 Å². The molecule has 98 heavy (non-hydrogen) atoms. The van der Waals surface area contributed by atoms with E-state index in [0.29, 0.717) is 103 Å². The van der Waals surface area contributed by atoms with Crippen molar-refractivity contribution in [3.63, 3.8) is 0 Å². The zero-order valence-corrected chi connectivity index (χ0v) is 62.8. The summed E-state index contributed by atoms with van der Waals surface area (Å²) in [5, 5.41) is 40.1. The molecule has 11 nitrogen and oxygen atoms in total. The normalized spacial score (nSPS) is 27.1. The summed E-state index contributed by atoms with van der Waals surface area (Å²) in [5.41, 5.74) is 5.40. The van der Waals surface area contributed by atoms with E-state index in [1.807, 2.05) is 56.2 Å². The first-order chi connectivity index (χ1) is 45.6. The highest BCUT2D eigenvalue weighted by molar-refractivity contribution is 14.0. The molecule has 4 N–H and O–H groups in total. The van der Waals surface area contributed by atoms with Crippen molar-refractivity contribution in [3.05, 3.63) is 58.7 Å². The van der Waals surface area contributed by atoms with Crippen molar-refractivity contribution in [1.29, 1.82) is 0 Å². The lowest BCUT2D eigenvalue weighted by Gasteiger charge is -2.53. The monoisotopic (exact) mass is 1560 g/mol. The van der Waals surface area contributed by atoms with Crippen LogP contribution in [0.25, 0.3) is 0 Å². The Bertz CT molecular complexity index is 2820. The number of unbranched alkanes of at least 4 members (excludes halogenated alkanes) is 12. The molecular formula is C74H115F10IN2O9S2. The van der Waals surface area contributed by atoms with Crippen molar-refractivity contribution >= 4 is 57.5 Å². The number of carboxylic acid groups (broad SMARTS) is 1. The van der Waals surface area contributed by atoms with E-state index in [2.05, 4.69) is 32.0 Å². The maximum atomic E-state index is 13.0. The van der Waals surface area contributed by atoms with Crippen LogP contribution < -0.4 is 4.74 Å². The van der Waals surface area contributed by atoms with Gasteiger partial charge >= 0.3 is 36.1 Å². The van der Waals surface area contributed by atoms with Crippen LogP contribution in [0.3, 0.4) is 0 Å². The molecule has 8 rings (SSSR count). The summed E-state index contributed by atoms with van der Waals surface area (Å²) in [6, 6.07) is 12.2. The number of aliphatic hydroxyl groups is 2. The molecular weight excluding hydrogens is 1440 g/mol. The molecule has 0 bridgehead atoms. The summed E-state index contributed by atoms with van der Waals surface area (Å²) >= 11 is 0. The number of alkyl halides is 10. The number of aliphatic carboxylic acids is 1. The number of carbonyl (C=O) groups is 2. The number of aromatic hydroxyl groups is 1. The van der Waals surface area contributed by atoms with Crippen molar-refractivity contribution in [2.24, 2.45) is 46.3 Å². The Hall–Kier alpha value is -2.65. The Morgan fingerprint density at radius 2 is 0.908 bits per heavy atom. The Morgan fingerprint density at radius 1 is 0.531 bits per heavy atom. The molecule has 4 saturated carbocycles. The lowest BCUT2D eigenvalue weighted by Crippen LogP contribution is -2.47. The molecule has 0 aromatic heterocycles. The van der Waals surface area contributed by atoms with Crippen LogP contribution >= 0.6 is 24.0 Å². The molecule has 0 aliphatic heterocycles. The number of nitrogens with zero attached hydrogens (tertiary/aromatic N) is 2. The van der Waals surface area contributed by atoms with Crippen molar-refractivity contribution in [2.75, 3.05) is 64.3 Å². The van der Waals surface area contributed by atoms with Gasteiger partial charge in [0.2, 0.25) is 0 Å². The molecule has 4 fully saturated rings. The summed E-state index contributed by atoms with van der Waals surface area (Å²) < 4.78 is 155. The van der Waals surface area contributed by atoms with E-state index in [1.54, 1.807) is 0 Å². The van der Waals surface area contributed by atoms with E-state index in [-0.39, 0.29) is 70.9 Å². The maximum absolute atomic E-state index is 13.0. The van der Waals surface area contributed by atoms with Crippen molar-refractivity contribution in [2.45, 2.75) is 268 Å². The molecule has 14 atom stereocenters. The predicted molar refractivity (Wildman–Crippen MR) is 379 cm³/mol. The number of hydrogen-bond acceptors (Lipinski definition) is 10. The number of carbonyl (C=O) groups excluding carboxylic acids is 1. The molecule has 2 unspecified atom stereocenters. The van der Waals surface area contributed by atoms with E-state index in [0.717, 1.165) is 154 Å². The van der Waals surface area contributed by atoms with Gasteiger partial charge < -0.3 is 35.0 Å². The van der Waals surface area contributed by atoms with Crippen LogP contribution in [0.15, 0.2) is 36.4 Å². The van der Waals surface area contributed by atoms with Crippen molar-refractivity contribution in [3.8, 4) is 11.5 Å². The molecule has 0 amide bonds. The number of hydrogen-bond donors (Lipinski definition) is 4. The molecule has 6 aliphatic rings. The van der Waals surface area contributed by atoms with Gasteiger partial charge in [0, 0.05) is 70.5 Å². The summed E-state index contributed by atoms with van der Waals surface area (Å²) in [4.78, 5) is 26.1. The molecule has 2 aromatic carbocycles. The number of halogens is 11. The number of fused-ring (bicyclic) bond motifs is 10. The molecule has 0 heterocycles. The lowest BCUT2D eigenvalue weighted by atomic mass is 9.52. The number of benzene rings is 2. The minimum atomic E-state index is -5.55. The zero-order chi connectivity index (χ0) is 71.5. The van der Waals surface area contributed by atoms with Gasteiger partial charge in [-0.1, -0.05) is 103 Å². The molecule has 2 aromatic rings. The summed E-state index contributed by atoms with van der Waals surface area (Å²) in [6.07, 6.45) is 12.2. The molecule has 0 spiro atoms. The third-order valence-electron chi connectivity index (χ3n) is 22.9. The Morgan fingerprint density at radius 3 is 1.31 bits per heavy atom. The SMILES string of the molecule is CN(C)CCC(=O)O.CN(C)CCC(=O)Oc1ccc2c(c1)C[C@@H](CCCCCCCCCS(=O)CCCC(F)(F)C(F)(F)F)[C@@H]1[C@@H]2CC[C@]2(C)[C@@H](O)CC[C@@H]12.C[C@]12CC[C@@H]3c4ccc(O)cc4C[C@@H](CCCCCCCCCS(=O)CCCC(F)(F)C(F)(F)F)[C@H]3[C@@H]1CC[C@@H]2O.I. The van der Waals surface area contributed by atoms with Crippen LogP contribution in [0, 0.1) is 46.3 Å². The summed E-state index contributed by atoms with van der Waals surface area (Å²) in [5.74, 6) is -4.71. The number of aliphatic hydroxyl groups excluding tert-OH is 2. The second kappa shape index (κ2) is 39.5. The maximum Gasteiger partial charge on any atom is 0.453 e. The largest absolute Gasteiger partial charge is 0.508 e. The van der Waals surface area contributed by atoms with Crippen LogP contribution in [0.1, 0.15) is 241 Å². The second-order valence-electron chi connectivity index (χ2n) is 30.3. The number of rotatable bonds is 35. The number of esters is 1. The number of ether oxygens (including phenoxy) is 1. The Labute approximate surface area is 599 Å². The second-order valence-corrected chi connectivity index (χ2v) is 33.7. The first kappa shape index (κ1) is 86.0. The fourth-order valence-electron chi connectivity index (χ4n) is 17.4. The van der Waals surface area contributed by atoms with Crippen LogP contribution in [0.5, 0.6) is 11.5 Å². The van der Waals surface area contributed by atoms with E-state index >= 15 is 0 Å². The fraction of sp³-hybridized carbons (Fsp3) is 0.811. The minimum absolute atomic E-state index is 0. The highest BCUT2D eigenvalue weighted by Gasteiger charge is 2.60. The van der Waals surface area contributed by atoms with Gasteiger partial charge in [-0.15, -0.1) is 24.0 Å². The first-order valence-corrected chi connectivity index (χ1v) is 39.2. The van der Waals surface area contributed by atoms with Gasteiger partial charge in [0.25, 0.3) is 0 Å². The highest BCUT2D eigenvalue weighted by atomic mass is 127. The standard InChI is InChI=1S/C37H56F5NO4S.C32H47F5O3S.C5H11NO2.HI/c1-35-20-17-30-29-14-13-28(47-33(45)18-21-43(2)3)25-27(29)24-26(34(30)31(35)15-16-32(35)44)12-9-7-5-4-6-8-10-22-48(46)23-11-19-36(38,39)37(40,41)42;1-30-17-15-26-25-12-11-24(38)21-23(25)20-22(29(26)27(30)13-14-28(30)39)10-7-5-3-2-4-6-8-18-41(40)19-9-16-31(33,34)32(35,36)37;1-6(2)4-3-5(7)8;/h13-14,25-26,30-32,34,44H,4-12,15-24H2,1-3H3;11-12,21-22,26-29,38-39H,2-10,13-20H2,1H3;3-4H2,1-2H3,(H,7,8);1H/t26-,30-,31+,32+,34-,35+,48?;22-,26-,27+,28+,29-,30+,41?;;/m11../s1. The van der Waals surface area contributed by atoms with E-state index < -0.39 is 77.4 Å². The quantitative estimate of drug-likeness (QED) is 0.0171. The van der Waals surface area contributed by atoms with Gasteiger partial charge in [0.1, 0.15) is 11.5 Å². The molecule has 564 valence electrons. The molecule has 24 heteroatoms. The van der Waals surface area contributed by atoms with Crippen LogP contribution in [-0.2, 0) is 44.0 Å². The highest BCUT2D eigenvalue weighted by Crippen LogP contribution is 2.64. The Kier molecular flexibility index (Phi) is 34.6. The average molecular weight is 1560 g/mol. The Balaban J connectivity index is 0.000000318. The number of carboxylic acids is 1. The van der Waals surface area contributed by atoms with Gasteiger partial charge in [-0.05, 0) is 236 Å². The topological polar surface area (TPSA) is 165 Å². The third-order valence-corrected chi connectivity index (χ3v) is 25.9. The minimum Gasteiger partial charge on any atom is -0.508 e. The van der Waals surface area contributed by atoms with Crippen molar-refractivity contribution in [1.82, 2.24) is 9.80 Å². The third kappa shape index (κ3) is 24.8. The molecule has 0 saturated heterocycles. The van der Waals surface area contributed by atoms with Gasteiger partial charge in [0.15, 0.2) is 0 Å². The smallest absolute Gasteiger partial charge is 0.453 e. The predicted octanol–water partition coefficient (Wildman–Crippen LogP) is 18.2. The fourth-order valence-corrected chi connectivity index (χ4v) is 19.8. The number of phenolic OH excluding ortho intramolecular Hbond substituents is 1. The van der Waals surface area contributed by atoms with Crippen molar-refractivity contribution < 1.29 is 87.1 Å². The van der Waals surface area contributed by atoms with Gasteiger partial charge in [-0.3, -0.25) is 18.0 Å². The van der Waals surface area contributed by atoms with Gasteiger partial charge in [0.05, 0.1) is 25.0 Å². The number of phenols is 1. The molecule has 0 radical (unpaired) electrons. The zero-order valence-electron chi connectivity index (χ0n) is 58.8. The van der Waals surface area contributed by atoms with Crippen LogP contribution in [0.2, 0.25) is 0 Å². The van der Waals surface area contributed by atoms with Gasteiger partial charge in [-0.25, -0.2) is 0 Å². The van der Waals surface area contributed by atoms with E-state index in [9.17, 15) is 77.2 Å². The lowest BCUT2D eigenvalue weighted by molar-refractivity contribution is -0.284. The summed E-state index contributed by atoms with van der Waals surface area (Å²) in [7, 11) is 4.84. The van der Waals surface area contributed by atoms with Gasteiger partial charge in [-0.2, -0.15) is 43.9 Å². The van der Waals surface area contributed by atoms with Crippen LogP contribution in [-0.4, -0.2) is 151 Å². The average Bonchev–Trinajstić information content (AvgIpc) is 1.42. The molecule has 6 aliphatic carbocycles. The summed E-state index contributed by atoms with van der Waals surface area (Å²) in [6.45, 7) is 5.87. The van der Waals surface area contributed by atoms with E-state index in [4.69, 9.17) is 9.84 Å². The van der Waals surface area contributed by atoms with E-state index in [1.165, 1.54) is 22.3 Å².